The molecule has 98 valence electrons. The van der Waals surface area contributed by atoms with Crippen molar-refractivity contribution < 1.29 is 18.9 Å². The molecule has 19 heavy (non-hydrogen) atoms. The summed E-state index contributed by atoms with van der Waals surface area (Å²) < 4.78 is 9.67. The lowest BCUT2D eigenvalue weighted by Crippen LogP contribution is -2.04. The van der Waals surface area contributed by atoms with Gasteiger partial charge < -0.3 is 9.15 Å². The van der Waals surface area contributed by atoms with Crippen LogP contribution >= 0.6 is 11.6 Å². The largest absolute Gasteiger partial charge is 0.455 e. The summed E-state index contributed by atoms with van der Waals surface area (Å²) in [6, 6.07) is 9.16. The molecule has 0 spiro atoms. The molecule has 0 amide bonds. The molecular weight excluding hydrogens is 274 g/mol. The molecule has 0 unspecified atom stereocenters. The number of carbonyl (C=O) groups excluding carboxylic acids is 1. The number of furan rings is 1. The fraction of sp³-hybridized carbons (Fsp3) is 0.0833. The quantitative estimate of drug-likeness (QED) is 0.488. The number of ether oxygens (including phenoxy) is 1. The minimum absolute atomic E-state index is 0.0347. The summed E-state index contributed by atoms with van der Waals surface area (Å²) in [4.78, 5) is 21.3. The van der Waals surface area contributed by atoms with Gasteiger partial charge in [0.15, 0.2) is 0 Å². The highest BCUT2D eigenvalue weighted by Gasteiger charge is 2.18. The van der Waals surface area contributed by atoms with E-state index in [9.17, 15) is 14.9 Å². The number of hydrogen-bond donors (Lipinski definition) is 0. The van der Waals surface area contributed by atoms with Crippen molar-refractivity contribution in [3.63, 3.8) is 0 Å². The fourth-order valence-corrected chi connectivity index (χ4v) is 1.56. The van der Waals surface area contributed by atoms with Gasteiger partial charge in [0.05, 0.1) is 6.07 Å². The standard InChI is InChI=1S/C12H8ClNO5/c13-9-4-2-1-3-8(9)7-18-12(15)10-5-6-11(19-10)14(16)17/h1-6H,7H2. The van der Waals surface area contributed by atoms with Crippen LogP contribution in [0.1, 0.15) is 16.1 Å². The first kappa shape index (κ1) is 13.1. The monoisotopic (exact) mass is 281 g/mol. The molecule has 0 radical (unpaired) electrons. The number of benzene rings is 1. The van der Waals surface area contributed by atoms with E-state index >= 15 is 0 Å². The third-order valence-electron chi connectivity index (χ3n) is 2.29. The summed E-state index contributed by atoms with van der Waals surface area (Å²) in [6.45, 7) is -0.0347. The van der Waals surface area contributed by atoms with Gasteiger partial charge >= 0.3 is 11.9 Å². The molecule has 0 aliphatic rings. The summed E-state index contributed by atoms with van der Waals surface area (Å²) in [5.74, 6) is -1.52. The van der Waals surface area contributed by atoms with Crippen LogP contribution in [0.15, 0.2) is 40.8 Å². The average molecular weight is 282 g/mol. The van der Waals surface area contributed by atoms with Crippen molar-refractivity contribution in [1.29, 1.82) is 0 Å². The van der Waals surface area contributed by atoms with Gasteiger partial charge in [-0.15, -0.1) is 0 Å². The topological polar surface area (TPSA) is 82.6 Å². The van der Waals surface area contributed by atoms with Crippen LogP contribution in [0.5, 0.6) is 0 Å². The van der Waals surface area contributed by atoms with E-state index in [4.69, 9.17) is 20.8 Å². The smallest absolute Gasteiger partial charge is 0.433 e. The zero-order valence-corrected chi connectivity index (χ0v) is 10.3. The van der Waals surface area contributed by atoms with E-state index in [0.29, 0.717) is 10.6 Å². The molecule has 1 aromatic heterocycles. The lowest BCUT2D eigenvalue weighted by Gasteiger charge is -2.04. The van der Waals surface area contributed by atoms with Crippen LogP contribution in [0.25, 0.3) is 0 Å². The normalized spacial score (nSPS) is 10.2. The van der Waals surface area contributed by atoms with E-state index in [1.54, 1.807) is 24.3 Å². The molecule has 0 aliphatic heterocycles. The summed E-state index contributed by atoms with van der Waals surface area (Å²) in [5, 5.41) is 10.9. The summed E-state index contributed by atoms with van der Waals surface area (Å²) in [5.41, 5.74) is 0.638. The lowest BCUT2D eigenvalue weighted by molar-refractivity contribution is -0.402. The Morgan fingerprint density at radius 1 is 1.32 bits per heavy atom. The van der Waals surface area contributed by atoms with Crippen LogP contribution in [0.2, 0.25) is 5.02 Å². The Labute approximate surface area is 112 Å². The number of carbonyl (C=O) groups is 1. The maximum absolute atomic E-state index is 11.6. The second kappa shape index (κ2) is 5.53. The van der Waals surface area contributed by atoms with Gasteiger partial charge in [-0.3, -0.25) is 10.1 Å². The second-order valence-corrected chi connectivity index (χ2v) is 3.97. The lowest BCUT2D eigenvalue weighted by atomic mass is 10.2. The van der Waals surface area contributed by atoms with Crippen LogP contribution in [-0.2, 0) is 11.3 Å². The van der Waals surface area contributed by atoms with Crippen LogP contribution < -0.4 is 0 Å². The molecule has 2 rings (SSSR count). The molecular formula is C12H8ClNO5. The van der Waals surface area contributed by atoms with Crippen molar-refractivity contribution >= 4 is 23.5 Å². The third-order valence-corrected chi connectivity index (χ3v) is 2.66. The second-order valence-electron chi connectivity index (χ2n) is 3.56. The van der Waals surface area contributed by atoms with Crippen molar-refractivity contribution in [3.05, 3.63) is 62.9 Å². The molecule has 0 saturated carbocycles. The highest BCUT2D eigenvalue weighted by atomic mass is 35.5. The summed E-state index contributed by atoms with van der Waals surface area (Å²) in [7, 11) is 0. The minimum atomic E-state index is -0.784. The van der Waals surface area contributed by atoms with E-state index in [1.165, 1.54) is 6.07 Å². The van der Waals surface area contributed by atoms with Crippen molar-refractivity contribution in [1.82, 2.24) is 0 Å². The Hall–Kier alpha value is -2.34. The van der Waals surface area contributed by atoms with Crippen LogP contribution in [0.3, 0.4) is 0 Å². The molecule has 2 aromatic rings. The van der Waals surface area contributed by atoms with Gasteiger partial charge in [-0.25, -0.2) is 4.79 Å². The Bertz CT molecular complexity index is 622. The average Bonchev–Trinajstić information content (AvgIpc) is 2.87. The fourth-order valence-electron chi connectivity index (χ4n) is 1.37. The van der Waals surface area contributed by atoms with Crippen LogP contribution in [0, 0.1) is 10.1 Å². The van der Waals surface area contributed by atoms with Gasteiger partial charge in [0.1, 0.15) is 11.5 Å². The van der Waals surface area contributed by atoms with E-state index in [0.717, 1.165) is 6.07 Å². The van der Waals surface area contributed by atoms with Crippen LogP contribution in [0.4, 0.5) is 5.88 Å². The highest BCUT2D eigenvalue weighted by molar-refractivity contribution is 6.31. The molecule has 6 nitrogen and oxygen atoms in total. The van der Waals surface area contributed by atoms with E-state index < -0.39 is 16.8 Å². The Kier molecular flexibility index (Phi) is 3.82. The third kappa shape index (κ3) is 3.11. The molecule has 0 saturated heterocycles. The van der Waals surface area contributed by atoms with Gasteiger partial charge in [-0.2, -0.15) is 0 Å². The Morgan fingerprint density at radius 3 is 2.68 bits per heavy atom. The summed E-state index contributed by atoms with van der Waals surface area (Å²) in [6.07, 6.45) is 0. The van der Waals surface area contributed by atoms with Gasteiger partial charge in [-0.1, -0.05) is 29.8 Å². The van der Waals surface area contributed by atoms with Crippen molar-refractivity contribution in [2.45, 2.75) is 6.61 Å². The first-order chi connectivity index (χ1) is 9.08. The van der Waals surface area contributed by atoms with Gasteiger partial charge in [0, 0.05) is 10.6 Å². The summed E-state index contributed by atoms with van der Waals surface area (Å²) >= 11 is 5.90. The predicted molar refractivity (Wildman–Crippen MR) is 65.9 cm³/mol. The SMILES string of the molecule is O=C(OCc1ccccc1Cl)c1ccc([N+](=O)[O-])o1. The highest BCUT2D eigenvalue weighted by Crippen LogP contribution is 2.19. The molecule has 0 bridgehead atoms. The number of rotatable bonds is 4. The zero-order chi connectivity index (χ0) is 13.8. The van der Waals surface area contributed by atoms with Crippen molar-refractivity contribution in [2.75, 3.05) is 0 Å². The molecule has 0 fully saturated rings. The van der Waals surface area contributed by atoms with Crippen molar-refractivity contribution in [2.24, 2.45) is 0 Å². The van der Waals surface area contributed by atoms with E-state index in [2.05, 4.69) is 0 Å². The first-order valence-electron chi connectivity index (χ1n) is 5.22. The maximum Gasteiger partial charge on any atom is 0.433 e. The Balaban J connectivity index is 2.01. The Morgan fingerprint density at radius 2 is 2.05 bits per heavy atom. The predicted octanol–water partition coefficient (Wildman–Crippen LogP) is 3.20. The minimum Gasteiger partial charge on any atom is -0.455 e. The van der Waals surface area contributed by atoms with Gasteiger partial charge in [0.2, 0.25) is 5.76 Å². The molecule has 0 atom stereocenters. The van der Waals surface area contributed by atoms with E-state index in [1.807, 2.05) is 0 Å². The van der Waals surface area contributed by atoms with Crippen LogP contribution in [-0.4, -0.2) is 10.9 Å². The number of halogens is 1. The van der Waals surface area contributed by atoms with Gasteiger partial charge in [0.25, 0.3) is 0 Å². The van der Waals surface area contributed by atoms with Crippen molar-refractivity contribution in [3.8, 4) is 0 Å². The maximum atomic E-state index is 11.6. The number of nitro groups is 1. The zero-order valence-electron chi connectivity index (χ0n) is 9.54. The number of esters is 1. The molecule has 1 heterocycles. The molecule has 0 N–H and O–H groups in total. The molecule has 1 aromatic carbocycles. The number of nitrogens with zero attached hydrogens (tertiary/aromatic N) is 1. The molecule has 0 aliphatic carbocycles. The van der Waals surface area contributed by atoms with E-state index in [-0.39, 0.29) is 12.4 Å². The van der Waals surface area contributed by atoms with Gasteiger partial charge in [-0.05, 0) is 12.1 Å². The first-order valence-corrected chi connectivity index (χ1v) is 5.60. The number of hydrogen-bond acceptors (Lipinski definition) is 5. The molecule has 7 heteroatoms.